The van der Waals surface area contributed by atoms with E-state index in [1.54, 1.807) is 18.4 Å². The summed E-state index contributed by atoms with van der Waals surface area (Å²) in [6.07, 6.45) is 4.84. The monoisotopic (exact) mass is 285 g/mol. The molecule has 0 aliphatic rings. The van der Waals surface area contributed by atoms with E-state index >= 15 is 0 Å². The van der Waals surface area contributed by atoms with Gasteiger partial charge >= 0.3 is 0 Å². The van der Waals surface area contributed by atoms with E-state index in [0.29, 0.717) is 13.2 Å². The molecular formula is C14H27N3OS. The first kappa shape index (κ1) is 16.4. The number of nitrogens with two attached hydrogens (primary N) is 1. The number of thiazole rings is 1. The Labute approximate surface area is 121 Å². The number of methoxy groups -OCH3 is 1. The lowest BCUT2D eigenvalue weighted by Crippen LogP contribution is -2.25. The van der Waals surface area contributed by atoms with Crippen LogP contribution >= 0.6 is 11.3 Å². The van der Waals surface area contributed by atoms with Gasteiger partial charge in [0.2, 0.25) is 0 Å². The van der Waals surface area contributed by atoms with Crippen molar-refractivity contribution in [3.05, 3.63) is 10.6 Å². The van der Waals surface area contributed by atoms with Gasteiger partial charge < -0.3 is 15.4 Å². The highest BCUT2D eigenvalue weighted by Crippen LogP contribution is 2.27. The van der Waals surface area contributed by atoms with Gasteiger partial charge in [0, 0.05) is 31.6 Å². The summed E-state index contributed by atoms with van der Waals surface area (Å²) in [4.78, 5) is 8.26. The number of unbranched alkanes of at least 4 members (excludes halogenated alkanes) is 2. The van der Waals surface area contributed by atoms with Crippen molar-refractivity contribution in [2.75, 3.05) is 25.1 Å². The van der Waals surface area contributed by atoms with Crippen molar-refractivity contribution in [1.29, 1.82) is 0 Å². The first-order valence-electron chi connectivity index (χ1n) is 7.19. The molecule has 0 spiro atoms. The smallest absolute Gasteiger partial charge is 0.185 e. The van der Waals surface area contributed by atoms with E-state index < -0.39 is 0 Å². The molecule has 110 valence electrons. The molecule has 0 bridgehead atoms. The lowest BCUT2D eigenvalue weighted by atomic mass is 10.3. The standard InChI is InChI=1S/C14H27N3OS/c1-4-6-8-17(9-7-5-2)14-16-12(11-18-3)13(10-15)19-14/h4-11,15H2,1-3H3. The van der Waals surface area contributed by atoms with Crippen molar-refractivity contribution in [2.45, 2.75) is 52.7 Å². The van der Waals surface area contributed by atoms with Gasteiger partial charge in [-0.05, 0) is 12.8 Å². The largest absolute Gasteiger partial charge is 0.378 e. The summed E-state index contributed by atoms with van der Waals surface area (Å²) >= 11 is 1.72. The molecule has 0 amide bonds. The van der Waals surface area contributed by atoms with E-state index in [0.717, 1.165) is 28.8 Å². The first-order valence-corrected chi connectivity index (χ1v) is 8.00. The number of aromatic nitrogens is 1. The number of nitrogens with zero attached hydrogens (tertiary/aromatic N) is 2. The Morgan fingerprint density at radius 3 is 2.32 bits per heavy atom. The summed E-state index contributed by atoms with van der Waals surface area (Å²) < 4.78 is 5.20. The average Bonchev–Trinajstić information content (AvgIpc) is 2.82. The molecule has 4 nitrogen and oxygen atoms in total. The molecule has 1 aromatic heterocycles. The maximum Gasteiger partial charge on any atom is 0.185 e. The van der Waals surface area contributed by atoms with E-state index in [1.807, 2.05) is 0 Å². The number of ether oxygens (including phenoxy) is 1. The molecule has 19 heavy (non-hydrogen) atoms. The van der Waals surface area contributed by atoms with Crippen LogP contribution < -0.4 is 10.6 Å². The number of hydrogen-bond donors (Lipinski definition) is 1. The maximum atomic E-state index is 5.79. The third kappa shape index (κ3) is 5.09. The molecule has 0 saturated carbocycles. The minimum Gasteiger partial charge on any atom is -0.378 e. The summed E-state index contributed by atoms with van der Waals surface area (Å²) in [5, 5.41) is 1.11. The van der Waals surface area contributed by atoms with Crippen LogP contribution in [0.3, 0.4) is 0 Å². The molecule has 0 fully saturated rings. The second-order valence-corrected chi connectivity index (χ2v) is 5.76. The highest BCUT2D eigenvalue weighted by atomic mass is 32.1. The molecule has 0 radical (unpaired) electrons. The summed E-state index contributed by atoms with van der Waals surface area (Å²) in [5.74, 6) is 0. The van der Waals surface area contributed by atoms with Crippen molar-refractivity contribution < 1.29 is 4.74 Å². The fourth-order valence-electron chi connectivity index (χ4n) is 1.91. The Morgan fingerprint density at radius 2 is 1.84 bits per heavy atom. The van der Waals surface area contributed by atoms with Crippen LogP contribution in [0, 0.1) is 0 Å². The quantitative estimate of drug-likeness (QED) is 0.717. The molecular weight excluding hydrogens is 258 g/mol. The molecule has 2 N–H and O–H groups in total. The lowest BCUT2D eigenvalue weighted by molar-refractivity contribution is 0.181. The summed E-state index contributed by atoms with van der Waals surface area (Å²) in [6, 6.07) is 0. The number of hydrogen-bond acceptors (Lipinski definition) is 5. The molecule has 0 atom stereocenters. The van der Waals surface area contributed by atoms with Gasteiger partial charge in [-0.15, -0.1) is 11.3 Å². The van der Waals surface area contributed by atoms with Crippen LogP contribution in [0.2, 0.25) is 0 Å². The van der Waals surface area contributed by atoms with Crippen molar-refractivity contribution in [2.24, 2.45) is 5.73 Å². The van der Waals surface area contributed by atoms with Gasteiger partial charge in [0.25, 0.3) is 0 Å². The van der Waals surface area contributed by atoms with Crippen LogP contribution in [-0.2, 0) is 17.9 Å². The van der Waals surface area contributed by atoms with Gasteiger partial charge in [-0.1, -0.05) is 26.7 Å². The normalized spacial score (nSPS) is 10.9. The first-order chi connectivity index (χ1) is 9.26. The second-order valence-electron chi connectivity index (χ2n) is 4.70. The minimum absolute atomic E-state index is 0.547. The van der Waals surface area contributed by atoms with Gasteiger partial charge in [0.15, 0.2) is 5.13 Å². The Hall–Kier alpha value is -0.650. The summed E-state index contributed by atoms with van der Waals surface area (Å²) in [6.45, 7) is 7.72. The van der Waals surface area contributed by atoms with Crippen molar-refractivity contribution in [3.63, 3.8) is 0 Å². The maximum absolute atomic E-state index is 5.79. The Balaban J connectivity index is 2.80. The van der Waals surface area contributed by atoms with Crippen LogP contribution in [0.5, 0.6) is 0 Å². The molecule has 1 aromatic rings. The fraction of sp³-hybridized carbons (Fsp3) is 0.786. The zero-order valence-corrected chi connectivity index (χ0v) is 13.3. The zero-order valence-electron chi connectivity index (χ0n) is 12.4. The van der Waals surface area contributed by atoms with E-state index in [9.17, 15) is 0 Å². The van der Waals surface area contributed by atoms with Crippen molar-refractivity contribution in [3.8, 4) is 0 Å². The Kier molecular flexibility index (Phi) is 8.02. The fourth-order valence-corrected chi connectivity index (χ4v) is 2.91. The second kappa shape index (κ2) is 9.28. The predicted octanol–water partition coefficient (Wildman–Crippen LogP) is 3.15. The topological polar surface area (TPSA) is 51.4 Å². The van der Waals surface area contributed by atoms with Gasteiger partial charge in [0.05, 0.1) is 12.3 Å². The number of rotatable bonds is 10. The molecule has 0 unspecified atom stereocenters. The predicted molar refractivity (Wildman–Crippen MR) is 82.7 cm³/mol. The minimum atomic E-state index is 0.547. The highest BCUT2D eigenvalue weighted by Gasteiger charge is 2.15. The van der Waals surface area contributed by atoms with Crippen LogP contribution in [0.4, 0.5) is 5.13 Å². The number of anilines is 1. The van der Waals surface area contributed by atoms with Crippen molar-refractivity contribution >= 4 is 16.5 Å². The SMILES string of the molecule is CCCCN(CCCC)c1nc(COC)c(CN)s1. The third-order valence-corrected chi connectivity index (χ3v) is 4.25. The molecule has 5 heteroatoms. The van der Waals surface area contributed by atoms with E-state index in [1.165, 1.54) is 25.7 Å². The van der Waals surface area contributed by atoms with Crippen LogP contribution in [0.1, 0.15) is 50.1 Å². The molecule has 1 rings (SSSR count). The zero-order chi connectivity index (χ0) is 14.1. The van der Waals surface area contributed by atoms with Gasteiger partial charge in [-0.2, -0.15) is 0 Å². The highest BCUT2D eigenvalue weighted by molar-refractivity contribution is 7.15. The van der Waals surface area contributed by atoms with Crippen LogP contribution in [0.25, 0.3) is 0 Å². The average molecular weight is 285 g/mol. The molecule has 0 saturated heterocycles. The van der Waals surface area contributed by atoms with Gasteiger partial charge in [-0.25, -0.2) is 4.98 Å². The molecule has 0 aliphatic carbocycles. The van der Waals surface area contributed by atoms with E-state index in [-0.39, 0.29) is 0 Å². The molecule has 0 aromatic carbocycles. The Bertz CT molecular complexity index is 346. The van der Waals surface area contributed by atoms with Crippen LogP contribution in [-0.4, -0.2) is 25.2 Å². The summed E-state index contributed by atoms with van der Waals surface area (Å²) in [7, 11) is 1.70. The van der Waals surface area contributed by atoms with Crippen molar-refractivity contribution in [1.82, 2.24) is 4.98 Å². The summed E-state index contributed by atoms with van der Waals surface area (Å²) in [5.41, 5.74) is 6.79. The van der Waals surface area contributed by atoms with Gasteiger partial charge in [0.1, 0.15) is 0 Å². The van der Waals surface area contributed by atoms with E-state index in [2.05, 4.69) is 18.7 Å². The molecule has 0 aliphatic heterocycles. The van der Waals surface area contributed by atoms with Gasteiger partial charge in [-0.3, -0.25) is 0 Å². The van der Waals surface area contributed by atoms with E-state index in [4.69, 9.17) is 15.5 Å². The Morgan fingerprint density at radius 1 is 1.21 bits per heavy atom. The van der Waals surface area contributed by atoms with Crippen LogP contribution in [0.15, 0.2) is 0 Å². The lowest BCUT2D eigenvalue weighted by Gasteiger charge is -2.21. The molecule has 1 heterocycles. The third-order valence-electron chi connectivity index (χ3n) is 3.07.